The van der Waals surface area contributed by atoms with E-state index >= 15 is 0 Å². The summed E-state index contributed by atoms with van der Waals surface area (Å²) in [6.07, 6.45) is 3.80. The number of alkyl halides is 1. The second-order valence-electron chi connectivity index (χ2n) is 7.78. The van der Waals surface area contributed by atoms with Crippen LogP contribution in [0.1, 0.15) is 23.6 Å². The molecule has 11 heteroatoms. The topological polar surface area (TPSA) is 102 Å². The molecule has 9 nitrogen and oxygen atoms in total. The predicted molar refractivity (Wildman–Crippen MR) is 115 cm³/mol. The smallest absolute Gasteiger partial charge is 0.218 e. The summed E-state index contributed by atoms with van der Waals surface area (Å²) in [7, 11) is 1.45. The minimum Gasteiger partial charge on any atom is -0.481 e. The molecule has 0 aliphatic carbocycles. The molecule has 5 rings (SSSR count). The van der Waals surface area contributed by atoms with E-state index in [1.165, 1.54) is 13.2 Å². The maximum absolute atomic E-state index is 14.6. The lowest BCUT2D eigenvalue weighted by Gasteiger charge is -2.26. The summed E-state index contributed by atoms with van der Waals surface area (Å²) in [5.74, 6) is 0.230. The number of anilines is 1. The maximum atomic E-state index is 14.6. The Kier molecular flexibility index (Phi) is 5.55. The van der Waals surface area contributed by atoms with Crippen molar-refractivity contribution in [2.75, 3.05) is 25.2 Å². The molecule has 4 aromatic rings. The van der Waals surface area contributed by atoms with Crippen LogP contribution >= 0.6 is 0 Å². The molecule has 5 heterocycles. The molecule has 33 heavy (non-hydrogen) atoms. The Morgan fingerprint density at radius 1 is 1.18 bits per heavy atom. The normalized spacial score (nSPS) is 18.2. The van der Waals surface area contributed by atoms with Gasteiger partial charge >= 0.3 is 0 Å². The van der Waals surface area contributed by atoms with Gasteiger partial charge in [-0.05, 0) is 36.2 Å². The van der Waals surface area contributed by atoms with Gasteiger partial charge in [-0.3, -0.25) is 0 Å². The molecule has 0 spiro atoms. The average Bonchev–Trinajstić information content (AvgIpc) is 3.42. The minimum atomic E-state index is -1.12. The highest BCUT2D eigenvalue weighted by Gasteiger charge is 2.36. The van der Waals surface area contributed by atoms with Gasteiger partial charge in [0.25, 0.3) is 0 Å². The first-order chi connectivity index (χ1) is 16.1. The van der Waals surface area contributed by atoms with E-state index < -0.39 is 18.0 Å². The number of fused-ring (bicyclic) bond motifs is 1. The Morgan fingerprint density at radius 2 is 2.06 bits per heavy atom. The SMILES string of the molecule is COc1ncc(F)cc1[C@H]1C[C@H](F)CN1c1ccc2ncc(-c3cc(CCO)cnn3)n2n1. The van der Waals surface area contributed by atoms with Crippen molar-refractivity contribution in [2.45, 2.75) is 25.1 Å². The van der Waals surface area contributed by atoms with Gasteiger partial charge in [-0.2, -0.15) is 5.10 Å². The van der Waals surface area contributed by atoms with Crippen molar-refractivity contribution in [1.82, 2.24) is 29.8 Å². The zero-order valence-electron chi connectivity index (χ0n) is 17.8. The molecule has 0 aromatic carbocycles. The van der Waals surface area contributed by atoms with Crippen molar-refractivity contribution < 1.29 is 18.6 Å². The van der Waals surface area contributed by atoms with Crippen molar-refractivity contribution in [3.63, 3.8) is 0 Å². The number of rotatable bonds is 6. The Bertz CT molecular complexity index is 1300. The van der Waals surface area contributed by atoms with Gasteiger partial charge in [-0.25, -0.2) is 23.3 Å². The van der Waals surface area contributed by atoms with Gasteiger partial charge < -0.3 is 14.7 Å². The van der Waals surface area contributed by atoms with Gasteiger partial charge in [-0.1, -0.05) is 0 Å². The van der Waals surface area contributed by atoms with E-state index in [1.807, 2.05) is 6.07 Å². The molecule has 0 unspecified atom stereocenters. The molecule has 1 aliphatic rings. The van der Waals surface area contributed by atoms with Crippen LogP contribution in [0.2, 0.25) is 0 Å². The van der Waals surface area contributed by atoms with Gasteiger partial charge in [0.15, 0.2) is 5.65 Å². The zero-order chi connectivity index (χ0) is 22.9. The molecule has 1 N–H and O–H groups in total. The van der Waals surface area contributed by atoms with Crippen molar-refractivity contribution >= 4 is 11.5 Å². The van der Waals surface area contributed by atoms with Crippen LogP contribution in [0.4, 0.5) is 14.6 Å². The molecule has 0 bridgehead atoms. The van der Waals surface area contributed by atoms with Crippen LogP contribution in [0.5, 0.6) is 5.88 Å². The number of pyridine rings is 1. The van der Waals surface area contributed by atoms with Gasteiger partial charge in [0.2, 0.25) is 5.88 Å². The molecule has 4 aromatic heterocycles. The van der Waals surface area contributed by atoms with E-state index in [0.29, 0.717) is 34.8 Å². The van der Waals surface area contributed by atoms with Crippen molar-refractivity contribution in [3.05, 3.63) is 59.8 Å². The molecule has 1 saturated heterocycles. The molecule has 1 aliphatic heterocycles. The summed E-state index contributed by atoms with van der Waals surface area (Å²) in [4.78, 5) is 10.2. The number of nitrogens with zero attached hydrogens (tertiary/aromatic N) is 7. The number of halogens is 2. The lowest BCUT2D eigenvalue weighted by atomic mass is 10.1. The molecule has 0 saturated carbocycles. The standard InChI is InChI=1S/C22H21F2N7O2/c1-33-22-16(7-14(23)10-26-22)18-8-15(24)12-30(18)21-3-2-20-25-11-19(31(20)29-21)17-6-13(4-5-32)9-27-28-17/h2-3,6-7,9-11,15,18,32H,4-5,8,12H2,1H3/t15-,18+/m0/s1. The highest BCUT2D eigenvalue weighted by Crippen LogP contribution is 2.40. The molecular formula is C22H21F2N7O2. The minimum absolute atomic E-state index is 0.000169. The molecule has 0 radical (unpaired) electrons. The first-order valence-corrected chi connectivity index (χ1v) is 10.4. The van der Waals surface area contributed by atoms with Gasteiger partial charge in [-0.15, -0.1) is 10.2 Å². The first-order valence-electron chi connectivity index (χ1n) is 10.4. The van der Waals surface area contributed by atoms with Crippen molar-refractivity contribution in [1.29, 1.82) is 0 Å². The lowest BCUT2D eigenvalue weighted by molar-refractivity contribution is 0.299. The Hall–Kier alpha value is -3.73. The average molecular weight is 453 g/mol. The van der Waals surface area contributed by atoms with Crippen molar-refractivity contribution in [3.8, 4) is 17.3 Å². The number of aliphatic hydroxyl groups is 1. The fourth-order valence-corrected chi connectivity index (χ4v) is 4.17. The number of ether oxygens (including phenoxy) is 1. The number of aliphatic hydroxyl groups excluding tert-OH is 1. The van der Waals surface area contributed by atoms with Crippen LogP contribution in [0.15, 0.2) is 42.9 Å². The van der Waals surface area contributed by atoms with Crippen LogP contribution in [-0.2, 0) is 6.42 Å². The molecule has 1 fully saturated rings. The van der Waals surface area contributed by atoms with Gasteiger partial charge in [0, 0.05) is 18.6 Å². The summed E-state index contributed by atoms with van der Waals surface area (Å²) < 4.78 is 35.5. The van der Waals surface area contributed by atoms with E-state index in [0.717, 1.165) is 11.8 Å². The third kappa shape index (κ3) is 3.95. The third-order valence-electron chi connectivity index (χ3n) is 5.66. The number of hydrogen-bond acceptors (Lipinski definition) is 8. The van der Waals surface area contributed by atoms with Crippen LogP contribution < -0.4 is 9.64 Å². The fraction of sp³-hybridized carbons (Fsp3) is 0.318. The quantitative estimate of drug-likeness (QED) is 0.475. The second-order valence-corrected chi connectivity index (χ2v) is 7.78. The molecule has 2 atom stereocenters. The first kappa shape index (κ1) is 21.1. The highest BCUT2D eigenvalue weighted by molar-refractivity contribution is 5.61. The maximum Gasteiger partial charge on any atom is 0.218 e. The Labute approximate surface area is 187 Å². The van der Waals surface area contributed by atoms with E-state index in [9.17, 15) is 13.9 Å². The largest absolute Gasteiger partial charge is 0.481 e. The van der Waals surface area contributed by atoms with E-state index in [2.05, 4.69) is 20.2 Å². The zero-order valence-corrected chi connectivity index (χ0v) is 17.8. The van der Waals surface area contributed by atoms with Gasteiger partial charge in [0.1, 0.15) is 29.2 Å². The third-order valence-corrected chi connectivity index (χ3v) is 5.66. The predicted octanol–water partition coefficient (Wildman–Crippen LogP) is 2.55. The second kappa shape index (κ2) is 8.66. The summed E-state index contributed by atoms with van der Waals surface area (Å²) in [6.45, 7) is 0.0957. The summed E-state index contributed by atoms with van der Waals surface area (Å²) >= 11 is 0. The number of aromatic nitrogens is 6. The van der Waals surface area contributed by atoms with Crippen LogP contribution in [-0.4, -0.2) is 61.3 Å². The van der Waals surface area contributed by atoms with Crippen LogP contribution in [0, 0.1) is 5.82 Å². The molecular weight excluding hydrogens is 432 g/mol. The van der Waals surface area contributed by atoms with E-state index in [4.69, 9.17) is 9.84 Å². The summed E-state index contributed by atoms with van der Waals surface area (Å²) in [6, 6.07) is 6.18. The lowest BCUT2D eigenvalue weighted by Crippen LogP contribution is -2.26. The van der Waals surface area contributed by atoms with Gasteiger partial charge in [0.05, 0.1) is 38.3 Å². The highest BCUT2D eigenvalue weighted by atomic mass is 19.1. The van der Waals surface area contributed by atoms with E-state index in [-0.39, 0.29) is 25.5 Å². The summed E-state index contributed by atoms with van der Waals surface area (Å²) in [5, 5.41) is 22.1. The van der Waals surface area contributed by atoms with Crippen LogP contribution in [0.3, 0.4) is 0 Å². The number of methoxy groups -OCH3 is 1. The molecule has 170 valence electrons. The Morgan fingerprint density at radius 3 is 2.88 bits per heavy atom. The fourth-order valence-electron chi connectivity index (χ4n) is 4.17. The van der Waals surface area contributed by atoms with Crippen LogP contribution in [0.25, 0.3) is 17.0 Å². The monoisotopic (exact) mass is 453 g/mol. The van der Waals surface area contributed by atoms with Crippen molar-refractivity contribution in [2.24, 2.45) is 0 Å². The number of hydrogen-bond donors (Lipinski definition) is 1. The number of imidazole rings is 1. The Balaban J connectivity index is 1.56. The van der Waals surface area contributed by atoms with E-state index in [1.54, 1.807) is 33.9 Å². The summed E-state index contributed by atoms with van der Waals surface area (Å²) in [5.41, 5.74) is 3.04. The molecule has 0 amide bonds.